The van der Waals surface area contributed by atoms with Gasteiger partial charge in [0.05, 0.1) is 5.57 Å². The van der Waals surface area contributed by atoms with Crippen molar-refractivity contribution in [1.82, 2.24) is 0 Å². The first kappa shape index (κ1) is 13.9. The third-order valence-corrected chi connectivity index (χ3v) is 4.48. The van der Waals surface area contributed by atoms with Crippen molar-refractivity contribution in [3.05, 3.63) is 88.5 Å². The van der Waals surface area contributed by atoms with Crippen molar-refractivity contribution in [3.63, 3.8) is 0 Å². The highest BCUT2D eigenvalue weighted by Crippen LogP contribution is 2.36. The van der Waals surface area contributed by atoms with Gasteiger partial charge in [-0.15, -0.1) is 0 Å². The van der Waals surface area contributed by atoms with Crippen molar-refractivity contribution < 1.29 is 9.59 Å². The van der Waals surface area contributed by atoms with Gasteiger partial charge in [0.25, 0.3) is 0 Å². The summed E-state index contributed by atoms with van der Waals surface area (Å²) < 4.78 is 0. The number of hydrogen-bond donors (Lipinski definition) is 0. The van der Waals surface area contributed by atoms with Crippen LogP contribution in [-0.4, -0.2) is 11.6 Å². The number of fused-ring (bicyclic) bond motifs is 2. The third-order valence-electron chi connectivity index (χ3n) is 4.12. The molecule has 2 nitrogen and oxygen atoms in total. The molecule has 0 radical (unpaired) electrons. The van der Waals surface area contributed by atoms with E-state index in [0.29, 0.717) is 16.7 Å². The van der Waals surface area contributed by atoms with Gasteiger partial charge in [-0.1, -0.05) is 78.3 Å². The van der Waals surface area contributed by atoms with Crippen LogP contribution in [0.25, 0.3) is 16.3 Å². The second-order valence-corrected chi connectivity index (χ2v) is 5.80. The highest BCUT2D eigenvalue weighted by Gasteiger charge is 2.32. The Morgan fingerprint density at radius 3 is 1.96 bits per heavy atom. The van der Waals surface area contributed by atoms with Crippen LogP contribution in [-0.2, 0) is 0 Å². The molecule has 3 heteroatoms. The average Bonchev–Trinajstić information content (AvgIpc) is 2.60. The van der Waals surface area contributed by atoms with Crippen LogP contribution in [0.4, 0.5) is 0 Å². The molecule has 0 N–H and O–H groups in total. The summed E-state index contributed by atoms with van der Waals surface area (Å²) in [5.41, 5.74) is 1.75. The summed E-state index contributed by atoms with van der Waals surface area (Å²) in [6.07, 6.45) is 0. The summed E-state index contributed by atoms with van der Waals surface area (Å²) in [7, 11) is 0. The molecule has 0 bridgehead atoms. The van der Waals surface area contributed by atoms with Crippen molar-refractivity contribution in [3.8, 4) is 0 Å². The fourth-order valence-corrected chi connectivity index (χ4v) is 3.32. The molecule has 0 unspecified atom stereocenters. The maximum atomic E-state index is 12.9. The van der Waals surface area contributed by atoms with Crippen molar-refractivity contribution in [2.75, 3.05) is 0 Å². The van der Waals surface area contributed by atoms with Crippen LogP contribution in [0, 0.1) is 0 Å². The Hall–Kier alpha value is -2.71. The highest BCUT2D eigenvalue weighted by atomic mass is 35.5. The Labute approximate surface area is 138 Å². The van der Waals surface area contributed by atoms with Gasteiger partial charge in [0.15, 0.2) is 5.78 Å². The lowest BCUT2D eigenvalue weighted by atomic mass is 9.84. The molecule has 4 rings (SSSR count). The minimum absolute atomic E-state index is 0.00921. The molecule has 3 aromatic rings. The number of Topliss-reactive ketones (excluding diaryl/α,β-unsaturated/α-hetero) is 2. The lowest BCUT2D eigenvalue weighted by molar-refractivity contribution is 0.0998. The number of halogens is 1. The van der Waals surface area contributed by atoms with Gasteiger partial charge in [0.1, 0.15) is 5.03 Å². The van der Waals surface area contributed by atoms with Gasteiger partial charge in [0, 0.05) is 11.1 Å². The van der Waals surface area contributed by atoms with Crippen LogP contribution in [0.1, 0.15) is 26.3 Å². The topological polar surface area (TPSA) is 34.1 Å². The fourth-order valence-electron chi connectivity index (χ4n) is 3.03. The number of benzene rings is 3. The van der Waals surface area contributed by atoms with Gasteiger partial charge in [0.2, 0.25) is 5.78 Å². The van der Waals surface area contributed by atoms with E-state index in [-0.39, 0.29) is 22.2 Å². The first-order valence-corrected chi connectivity index (χ1v) is 7.62. The molecule has 0 aliphatic heterocycles. The van der Waals surface area contributed by atoms with Crippen molar-refractivity contribution in [2.24, 2.45) is 0 Å². The number of hydrogen-bond acceptors (Lipinski definition) is 2. The number of ketones is 2. The molecule has 0 saturated carbocycles. The molecule has 1 aliphatic rings. The Morgan fingerprint density at radius 1 is 0.609 bits per heavy atom. The summed E-state index contributed by atoms with van der Waals surface area (Å²) in [4.78, 5) is 25.5. The van der Waals surface area contributed by atoms with E-state index in [9.17, 15) is 9.59 Å². The largest absolute Gasteiger partial charge is 0.289 e. The lowest BCUT2D eigenvalue weighted by Gasteiger charge is -2.19. The van der Waals surface area contributed by atoms with E-state index in [1.807, 2.05) is 42.5 Å². The van der Waals surface area contributed by atoms with Crippen LogP contribution in [0.5, 0.6) is 0 Å². The molecule has 23 heavy (non-hydrogen) atoms. The maximum Gasteiger partial charge on any atom is 0.205 e. The molecule has 3 aromatic carbocycles. The van der Waals surface area contributed by atoms with Crippen LogP contribution in [0.2, 0.25) is 0 Å². The molecular formula is C20H11ClO2. The molecule has 0 amide bonds. The number of carbonyl (C=O) groups is 2. The van der Waals surface area contributed by atoms with Crippen LogP contribution >= 0.6 is 11.6 Å². The molecule has 1 aliphatic carbocycles. The molecule has 0 heterocycles. The Balaban J connectivity index is 2.03. The standard InChI is InChI=1S/C20H11ClO2/c21-18-17(14-11-5-7-12-6-1-2-8-13(12)14)19(22)15-9-3-4-10-16(15)20(18)23/h1-11H. The predicted octanol–water partition coefficient (Wildman–Crippen LogP) is 4.87. The second kappa shape index (κ2) is 5.18. The number of allylic oxidation sites excluding steroid dienone is 2. The molecule has 0 fully saturated rings. The Morgan fingerprint density at radius 2 is 1.17 bits per heavy atom. The molecule has 0 spiro atoms. The predicted molar refractivity (Wildman–Crippen MR) is 91.8 cm³/mol. The van der Waals surface area contributed by atoms with Gasteiger partial charge < -0.3 is 0 Å². The van der Waals surface area contributed by atoms with E-state index < -0.39 is 0 Å². The van der Waals surface area contributed by atoms with Crippen molar-refractivity contribution in [2.45, 2.75) is 0 Å². The summed E-state index contributed by atoms with van der Waals surface area (Å²) in [6, 6.07) is 20.2. The monoisotopic (exact) mass is 318 g/mol. The second-order valence-electron chi connectivity index (χ2n) is 5.42. The molecule has 0 atom stereocenters. The van der Waals surface area contributed by atoms with Gasteiger partial charge in [-0.3, -0.25) is 9.59 Å². The zero-order valence-electron chi connectivity index (χ0n) is 12.0. The van der Waals surface area contributed by atoms with E-state index in [1.165, 1.54) is 0 Å². The van der Waals surface area contributed by atoms with E-state index >= 15 is 0 Å². The minimum Gasteiger partial charge on any atom is -0.289 e. The third kappa shape index (κ3) is 2.03. The zero-order chi connectivity index (χ0) is 16.0. The average molecular weight is 319 g/mol. The van der Waals surface area contributed by atoms with Crippen LogP contribution < -0.4 is 0 Å². The Bertz CT molecular complexity index is 1010. The first-order valence-electron chi connectivity index (χ1n) is 7.25. The first-order chi connectivity index (χ1) is 11.2. The van der Waals surface area contributed by atoms with Gasteiger partial charge in [-0.2, -0.15) is 0 Å². The zero-order valence-corrected chi connectivity index (χ0v) is 12.8. The fraction of sp³-hybridized carbons (Fsp3) is 0. The SMILES string of the molecule is O=C1C(Cl)=C(c2cccc3ccccc23)C(=O)c2ccccc21. The minimum atomic E-state index is -0.301. The van der Waals surface area contributed by atoms with Crippen LogP contribution in [0.3, 0.4) is 0 Å². The van der Waals surface area contributed by atoms with Gasteiger partial charge in [-0.05, 0) is 16.3 Å². The lowest BCUT2D eigenvalue weighted by Crippen LogP contribution is -2.19. The molecule has 0 saturated heterocycles. The molecular weight excluding hydrogens is 308 g/mol. The maximum absolute atomic E-state index is 12.9. The van der Waals surface area contributed by atoms with E-state index in [4.69, 9.17) is 11.6 Å². The Kier molecular flexibility index (Phi) is 3.14. The van der Waals surface area contributed by atoms with Gasteiger partial charge in [-0.25, -0.2) is 0 Å². The van der Waals surface area contributed by atoms with E-state index in [2.05, 4.69) is 0 Å². The van der Waals surface area contributed by atoms with Crippen LogP contribution in [0.15, 0.2) is 71.8 Å². The molecule has 110 valence electrons. The number of carbonyl (C=O) groups excluding carboxylic acids is 2. The smallest absolute Gasteiger partial charge is 0.205 e. The summed E-state index contributed by atoms with van der Waals surface area (Å²) in [5, 5.41) is 1.90. The quantitative estimate of drug-likeness (QED) is 0.641. The van der Waals surface area contributed by atoms with E-state index in [1.54, 1.807) is 24.3 Å². The van der Waals surface area contributed by atoms with E-state index in [0.717, 1.165) is 10.8 Å². The summed E-state index contributed by atoms with van der Waals surface area (Å²) in [6.45, 7) is 0. The number of rotatable bonds is 1. The molecule has 0 aromatic heterocycles. The highest BCUT2D eigenvalue weighted by molar-refractivity contribution is 6.57. The summed E-state index contributed by atoms with van der Waals surface area (Å²) in [5.74, 6) is -0.508. The van der Waals surface area contributed by atoms with Crippen molar-refractivity contribution in [1.29, 1.82) is 0 Å². The van der Waals surface area contributed by atoms with Crippen molar-refractivity contribution >= 4 is 39.5 Å². The summed E-state index contributed by atoms with van der Waals surface area (Å²) >= 11 is 6.30. The van der Waals surface area contributed by atoms with Gasteiger partial charge >= 0.3 is 0 Å². The normalized spacial score (nSPS) is 14.3.